The van der Waals surface area contributed by atoms with E-state index in [-0.39, 0.29) is 16.4 Å². The lowest BCUT2D eigenvalue weighted by Gasteiger charge is -2.06. The third-order valence-electron chi connectivity index (χ3n) is 4.20. The van der Waals surface area contributed by atoms with E-state index in [4.69, 9.17) is 11.6 Å². The molecule has 0 bridgehead atoms. The third-order valence-corrected chi connectivity index (χ3v) is 4.43. The summed E-state index contributed by atoms with van der Waals surface area (Å²) in [7, 11) is 0. The number of imidazole rings is 1. The van der Waals surface area contributed by atoms with Crippen molar-refractivity contribution >= 4 is 34.5 Å². The average Bonchev–Trinajstić information content (AvgIpc) is 3.13. The Bertz CT molecular complexity index is 1200. The smallest absolute Gasteiger partial charge is 0.294 e. The van der Waals surface area contributed by atoms with Crippen LogP contribution in [0.1, 0.15) is 10.4 Å². The van der Waals surface area contributed by atoms with Gasteiger partial charge < -0.3 is 9.72 Å². The zero-order chi connectivity index (χ0) is 19.7. The molecule has 0 spiro atoms. The average molecular weight is 393 g/mol. The minimum atomic E-state index is -0.592. The van der Waals surface area contributed by atoms with Gasteiger partial charge in [-0.3, -0.25) is 14.9 Å². The second kappa shape index (κ2) is 7.13. The van der Waals surface area contributed by atoms with Crippen LogP contribution in [0.5, 0.6) is 0 Å². The zero-order valence-corrected chi connectivity index (χ0v) is 15.1. The van der Waals surface area contributed by atoms with Gasteiger partial charge in [-0.05, 0) is 24.3 Å². The van der Waals surface area contributed by atoms with Gasteiger partial charge in [0.15, 0.2) is 0 Å². The van der Waals surface area contributed by atoms with E-state index in [0.717, 1.165) is 11.3 Å². The van der Waals surface area contributed by atoms with E-state index in [1.807, 2.05) is 40.9 Å². The number of amides is 1. The maximum absolute atomic E-state index is 12.6. The van der Waals surface area contributed by atoms with Crippen LogP contribution in [0.25, 0.3) is 16.9 Å². The monoisotopic (exact) mass is 392 g/mol. The fraction of sp³-hybridized carbons (Fsp3) is 0. The number of carbonyl (C=O) groups is 1. The molecule has 28 heavy (non-hydrogen) atoms. The number of nitro groups is 1. The highest BCUT2D eigenvalue weighted by Gasteiger charge is 2.18. The first-order chi connectivity index (χ1) is 13.5. The van der Waals surface area contributed by atoms with Crippen LogP contribution in [0.2, 0.25) is 5.02 Å². The number of nitrogens with zero attached hydrogens (tertiary/aromatic N) is 3. The molecule has 1 N–H and O–H groups in total. The van der Waals surface area contributed by atoms with E-state index in [0.29, 0.717) is 11.2 Å². The van der Waals surface area contributed by atoms with Gasteiger partial charge in [0, 0.05) is 34.6 Å². The topological polar surface area (TPSA) is 89.5 Å². The van der Waals surface area contributed by atoms with Crippen molar-refractivity contribution in [2.75, 3.05) is 5.32 Å². The summed E-state index contributed by atoms with van der Waals surface area (Å²) in [4.78, 5) is 27.7. The Morgan fingerprint density at radius 2 is 1.89 bits per heavy atom. The predicted molar refractivity (Wildman–Crippen MR) is 107 cm³/mol. The number of nitrogens with one attached hydrogen (secondary N) is 1. The Kier molecular flexibility index (Phi) is 4.50. The first kappa shape index (κ1) is 17.7. The first-order valence-corrected chi connectivity index (χ1v) is 8.68. The molecule has 0 fully saturated rings. The van der Waals surface area contributed by atoms with Gasteiger partial charge in [0.25, 0.3) is 11.6 Å². The molecule has 1 amide bonds. The number of aromatic nitrogens is 2. The Labute approximate surface area is 164 Å². The van der Waals surface area contributed by atoms with E-state index in [1.54, 1.807) is 18.3 Å². The van der Waals surface area contributed by atoms with Crippen molar-refractivity contribution in [1.29, 1.82) is 0 Å². The summed E-state index contributed by atoms with van der Waals surface area (Å²) >= 11 is 5.80. The summed E-state index contributed by atoms with van der Waals surface area (Å²) in [6, 6.07) is 17.0. The number of carbonyl (C=O) groups excluding carboxylic acids is 1. The van der Waals surface area contributed by atoms with Gasteiger partial charge in [0.05, 0.1) is 10.6 Å². The number of anilines is 1. The summed E-state index contributed by atoms with van der Waals surface area (Å²) in [5.41, 5.74) is 2.49. The molecule has 2 aromatic heterocycles. The van der Waals surface area contributed by atoms with Crippen LogP contribution in [-0.2, 0) is 0 Å². The Hall–Kier alpha value is -3.71. The Balaban J connectivity index is 1.64. The summed E-state index contributed by atoms with van der Waals surface area (Å²) in [6.45, 7) is 0. The van der Waals surface area contributed by atoms with E-state index in [2.05, 4.69) is 10.3 Å². The maximum atomic E-state index is 12.6. The summed E-state index contributed by atoms with van der Waals surface area (Å²) in [5, 5.41) is 14.0. The Morgan fingerprint density at radius 1 is 1.11 bits per heavy atom. The number of hydrogen-bond acceptors (Lipinski definition) is 4. The first-order valence-electron chi connectivity index (χ1n) is 8.31. The van der Waals surface area contributed by atoms with Crippen LogP contribution in [0.15, 0.2) is 73.1 Å². The molecule has 0 aliphatic heterocycles. The molecule has 0 aliphatic rings. The lowest BCUT2D eigenvalue weighted by atomic mass is 10.2. The molecule has 2 heterocycles. The minimum Gasteiger partial charge on any atom is -0.316 e. The Morgan fingerprint density at radius 3 is 2.64 bits per heavy atom. The van der Waals surface area contributed by atoms with Crippen molar-refractivity contribution < 1.29 is 9.72 Å². The van der Waals surface area contributed by atoms with Crippen molar-refractivity contribution in [1.82, 2.24) is 9.38 Å². The highest BCUT2D eigenvalue weighted by atomic mass is 35.5. The fourth-order valence-corrected chi connectivity index (χ4v) is 2.99. The highest BCUT2D eigenvalue weighted by Crippen LogP contribution is 2.28. The quantitative estimate of drug-likeness (QED) is 0.398. The number of hydrogen-bond donors (Lipinski definition) is 1. The number of benzene rings is 2. The molecule has 7 nitrogen and oxygen atoms in total. The number of halogens is 1. The molecular weight excluding hydrogens is 380 g/mol. The second-order valence-corrected chi connectivity index (χ2v) is 6.48. The minimum absolute atomic E-state index is 0.0765. The predicted octanol–water partition coefficient (Wildman–Crippen LogP) is 4.82. The standard InChI is InChI=1S/C20H13ClN4O3/c21-15-6-7-16(18(11-15)25(27)28)23-20(26)14-8-9-24-12-17(22-19(24)10-14)13-4-2-1-3-5-13/h1-12H,(H,23,26). The van der Waals surface area contributed by atoms with Crippen molar-refractivity contribution in [2.45, 2.75) is 0 Å². The SMILES string of the molecule is O=C(Nc1ccc(Cl)cc1[N+](=O)[O-])c1ccn2cc(-c3ccccc3)nc2c1. The largest absolute Gasteiger partial charge is 0.316 e. The number of nitro benzene ring substituents is 1. The van der Waals surface area contributed by atoms with Crippen molar-refractivity contribution in [3.63, 3.8) is 0 Å². The van der Waals surface area contributed by atoms with E-state index in [1.165, 1.54) is 18.2 Å². The number of fused-ring (bicyclic) bond motifs is 1. The van der Waals surface area contributed by atoms with Gasteiger partial charge in [-0.1, -0.05) is 41.9 Å². The van der Waals surface area contributed by atoms with Gasteiger partial charge in [-0.25, -0.2) is 4.98 Å². The third kappa shape index (κ3) is 3.43. The van der Waals surface area contributed by atoms with Crippen LogP contribution in [0.4, 0.5) is 11.4 Å². The molecule has 0 aliphatic carbocycles. The molecular formula is C20H13ClN4O3. The van der Waals surface area contributed by atoms with Crippen LogP contribution in [0, 0.1) is 10.1 Å². The second-order valence-electron chi connectivity index (χ2n) is 6.05. The molecule has 0 radical (unpaired) electrons. The van der Waals surface area contributed by atoms with E-state index < -0.39 is 10.8 Å². The number of pyridine rings is 1. The van der Waals surface area contributed by atoms with Gasteiger partial charge >= 0.3 is 0 Å². The van der Waals surface area contributed by atoms with E-state index >= 15 is 0 Å². The molecule has 0 saturated carbocycles. The lowest BCUT2D eigenvalue weighted by molar-refractivity contribution is -0.383. The normalized spacial score (nSPS) is 10.8. The molecule has 4 aromatic rings. The van der Waals surface area contributed by atoms with Crippen molar-refractivity contribution in [3.05, 3.63) is 93.8 Å². The van der Waals surface area contributed by atoms with Gasteiger partial charge in [0.2, 0.25) is 0 Å². The molecule has 2 aromatic carbocycles. The summed E-state index contributed by atoms with van der Waals surface area (Å²) in [5.74, 6) is -0.475. The van der Waals surface area contributed by atoms with Crippen LogP contribution in [-0.4, -0.2) is 20.2 Å². The molecule has 138 valence electrons. The van der Waals surface area contributed by atoms with Gasteiger partial charge in [-0.2, -0.15) is 0 Å². The van der Waals surface area contributed by atoms with Gasteiger partial charge in [0.1, 0.15) is 11.3 Å². The molecule has 8 heteroatoms. The number of rotatable bonds is 4. The lowest BCUT2D eigenvalue weighted by Crippen LogP contribution is -2.13. The summed E-state index contributed by atoms with van der Waals surface area (Å²) < 4.78 is 1.81. The molecule has 0 atom stereocenters. The molecule has 4 rings (SSSR count). The molecule has 0 saturated heterocycles. The van der Waals surface area contributed by atoms with Gasteiger partial charge in [-0.15, -0.1) is 0 Å². The van der Waals surface area contributed by atoms with Crippen molar-refractivity contribution in [3.8, 4) is 11.3 Å². The summed E-state index contributed by atoms with van der Waals surface area (Å²) in [6.07, 6.45) is 3.59. The highest BCUT2D eigenvalue weighted by molar-refractivity contribution is 6.31. The van der Waals surface area contributed by atoms with E-state index in [9.17, 15) is 14.9 Å². The zero-order valence-electron chi connectivity index (χ0n) is 14.4. The van der Waals surface area contributed by atoms with Crippen LogP contribution < -0.4 is 5.32 Å². The fourth-order valence-electron chi connectivity index (χ4n) is 2.83. The van der Waals surface area contributed by atoms with Crippen LogP contribution >= 0.6 is 11.6 Å². The molecule has 0 unspecified atom stereocenters. The van der Waals surface area contributed by atoms with Crippen LogP contribution in [0.3, 0.4) is 0 Å². The van der Waals surface area contributed by atoms with Crippen molar-refractivity contribution in [2.24, 2.45) is 0 Å². The maximum Gasteiger partial charge on any atom is 0.294 e.